The van der Waals surface area contributed by atoms with Crippen LogP contribution >= 0.6 is 0 Å². The molecule has 0 spiro atoms. The number of hydrogen-bond donors (Lipinski definition) is 0. The predicted molar refractivity (Wildman–Crippen MR) is 182 cm³/mol. The Bertz CT molecular complexity index is 1970. The molecule has 1 fully saturated rings. The summed E-state index contributed by atoms with van der Waals surface area (Å²) in [6, 6.07) is 47.7. The van der Waals surface area contributed by atoms with Gasteiger partial charge in [0.05, 0.1) is 22.5 Å². The van der Waals surface area contributed by atoms with Crippen LogP contribution in [0.15, 0.2) is 173 Å². The van der Waals surface area contributed by atoms with Gasteiger partial charge in [-0.3, -0.25) is 0 Å². The van der Waals surface area contributed by atoms with Crippen LogP contribution in [0.4, 0.5) is 11.4 Å². The summed E-state index contributed by atoms with van der Waals surface area (Å²) in [6.45, 7) is 0. The lowest BCUT2D eigenvalue weighted by Gasteiger charge is -2.08. The molecule has 2 heteroatoms. The van der Waals surface area contributed by atoms with E-state index in [1.54, 1.807) is 0 Å². The quantitative estimate of drug-likeness (QED) is 0.133. The summed E-state index contributed by atoms with van der Waals surface area (Å²) in [6.07, 6.45) is 4.13. The molecule has 7 rings (SSSR count). The van der Waals surface area contributed by atoms with Crippen molar-refractivity contribution < 1.29 is 0 Å². The molecule has 2 aliphatic rings. The van der Waals surface area contributed by atoms with E-state index in [4.69, 9.17) is 9.98 Å². The van der Waals surface area contributed by atoms with Gasteiger partial charge in [-0.2, -0.15) is 0 Å². The maximum absolute atomic E-state index is 4.74. The van der Waals surface area contributed by atoms with E-state index in [9.17, 15) is 0 Å². The van der Waals surface area contributed by atoms with Gasteiger partial charge in [-0.25, -0.2) is 9.98 Å². The molecule has 0 aromatic heterocycles. The Labute approximate surface area is 258 Å². The van der Waals surface area contributed by atoms with Crippen LogP contribution in [0.25, 0.3) is 11.1 Å². The molecule has 2 nitrogen and oxygen atoms in total. The minimum atomic E-state index is 0.513. The molecular formula is C42H30N2. The van der Waals surface area contributed by atoms with Crippen molar-refractivity contribution in [1.29, 1.82) is 0 Å². The highest BCUT2D eigenvalue weighted by Gasteiger charge is 2.41. The molecule has 0 saturated heterocycles. The van der Waals surface area contributed by atoms with Crippen molar-refractivity contribution in [2.24, 2.45) is 21.8 Å². The minimum absolute atomic E-state index is 0.513. The van der Waals surface area contributed by atoms with Gasteiger partial charge >= 0.3 is 0 Å². The van der Waals surface area contributed by atoms with Gasteiger partial charge in [-0.15, -0.1) is 0 Å². The van der Waals surface area contributed by atoms with Gasteiger partial charge in [-0.1, -0.05) is 127 Å². The van der Waals surface area contributed by atoms with Crippen LogP contribution in [0.2, 0.25) is 0 Å². The first kappa shape index (κ1) is 27.2. The molecule has 5 aromatic rings. The van der Waals surface area contributed by atoms with Crippen LogP contribution in [0.5, 0.6) is 0 Å². The number of rotatable bonds is 8. The van der Waals surface area contributed by atoms with Gasteiger partial charge in [0.1, 0.15) is 0 Å². The SMILES string of the molecule is C1=C=C(C(=C=Nc2ccc(Cc3ccc(N=C=C(c4ccccc4)c4ccccc4)cc3)cc2)c2ccccc2)C2CC2C=1. The van der Waals surface area contributed by atoms with E-state index < -0.39 is 0 Å². The Morgan fingerprint density at radius 2 is 1.02 bits per heavy atom. The molecule has 2 aliphatic carbocycles. The lowest BCUT2D eigenvalue weighted by atomic mass is 9.94. The zero-order valence-electron chi connectivity index (χ0n) is 24.3. The second-order valence-corrected chi connectivity index (χ2v) is 11.2. The fraction of sp³-hybridized carbons (Fsp3) is 0.0952. The van der Waals surface area contributed by atoms with E-state index in [2.05, 4.69) is 126 Å². The summed E-state index contributed by atoms with van der Waals surface area (Å²) in [7, 11) is 0. The molecule has 0 radical (unpaired) electrons. The van der Waals surface area contributed by atoms with Gasteiger partial charge in [0.2, 0.25) is 0 Å². The third-order valence-corrected chi connectivity index (χ3v) is 8.05. The van der Waals surface area contributed by atoms with E-state index in [1.807, 2.05) is 42.5 Å². The highest BCUT2D eigenvalue weighted by Crippen LogP contribution is 2.49. The Balaban J connectivity index is 1.08. The highest BCUT2D eigenvalue weighted by atomic mass is 14.7. The predicted octanol–water partition coefficient (Wildman–Crippen LogP) is 9.98. The second-order valence-electron chi connectivity index (χ2n) is 11.2. The largest absolute Gasteiger partial charge is 0.206 e. The minimum Gasteiger partial charge on any atom is -0.206 e. The number of nitrogens with zero attached hydrogens (tertiary/aromatic N) is 2. The van der Waals surface area contributed by atoms with E-state index in [0.717, 1.165) is 52.1 Å². The maximum atomic E-state index is 4.74. The highest BCUT2D eigenvalue weighted by molar-refractivity contribution is 6.00. The second kappa shape index (κ2) is 12.7. The fourth-order valence-electron chi connectivity index (χ4n) is 5.54. The molecular weight excluding hydrogens is 532 g/mol. The molecule has 0 heterocycles. The van der Waals surface area contributed by atoms with Crippen molar-refractivity contribution >= 4 is 34.3 Å². The summed E-state index contributed by atoms with van der Waals surface area (Å²) in [5.74, 6) is 7.78. The Kier molecular flexibility index (Phi) is 7.81. The summed E-state index contributed by atoms with van der Waals surface area (Å²) in [5.41, 5.74) is 17.2. The summed E-state index contributed by atoms with van der Waals surface area (Å²) in [4.78, 5) is 9.44. The normalized spacial score (nSPS) is 15.7. The van der Waals surface area contributed by atoms with E-state index >= 15 is 0 Å². The number of allylic oxidation sites excluding steroid dienone is 3. The van der Waals surface area contributed by atoms with Crippen LogP contribution in [0.3, 0.4) is 0 Å². The maximum Gasteiger partial charge on any atom is 0.0730 e. The van der Waals surface area contributed by atoms with Crippen molar-refractivity contribution in [3.63, 3.8) is 0 Å². The molecule has 44 heavy (non-hydrogen) atoms. The summed E-state index contributed by atoms with van der Waals surface area (Å²) in [5, 5.41) is 0. The van der Waals surface area contributed by atoms with Gasteiger partial charge < -0.3 is 0 Å². The zero-order chi connectivity index (χ0) is 29.6. The molecule has 0 aliphatic heterocycles. The van der Waals surface area contributed by atoms with Crippen molar-refractivity contribution in [3.05, 3.63) is 190 Å². The van der Waals surface area contributed by atoms with Crippen molar-refractivity contribution in [2.75, 3.05) is 0 Å². The number of benzene rings is 5. The van der Waals surface area contributed by atoms with Gasteiger partial charge in [0, 0.05) is 11.5 Å². The molecule has 208 valence electrons. The van der Waals surface area contributed by atoms with Gasteiger partial charge in [0.15, 0.2) is 0 Å². The van der Waals surface area contributed by atoms with Gasteiger partial charge in [-0.05, 0) is 88.7 Å². The Hall–Kier alpha value is -5.70. The van der Waals surface area contributed by atoms with E-state index in [1.165, 1.54) is 16.7 Å². The number of hydrogen-bond acceptors (Lipinski definition) is 2. The number of aliphatic imine (C=N–C) groups is 2. The topological polar surface area (TPSA) is 24.7 Å². The number of fused-ring (bicyclic) bond motifs is 1. The van der Waals surface area contributed by atoms with E-state index in [0.29, 0.717) is 11.8 Å². The van der Waals surface area contributed by atoms with Crippen LogP contribution in [0, 0.1) is 11.8 Å². The van der Waals surface area contributed by atoms with Crippen LogP contribution < -0.4 is 0 Å². The summed E-state index contributed by atoms with van der Waals surface area (Å²) < 4.78 is 0. The lowest BCUT2D eigenvalue weighted by molar-refractivity contribution is 0.953. The van der Waals surface area contributed by atoms with Crippen LogP contribution in [0.1, 0.15) is 34.2 Å². The molecule has 2 atom stereocenters. The van der Waals surface area contributed by atoms with Crippen molar-refractivity contribution in [3.8, 4) is 0 Å². The third-order valence-electron chi connectivity index (χ3n) is 8.05. The molecule has 1 saturated carbocycles. The Morgan fingerprint density at radius 3 is 1.52 bits per heavy atom. The standard InChI is InChI=1S/C42H30N2/c1-4-11-33(12-5-1)41(34-13-6-2-7-14-34)29-43-37-23-19-31(20-24-37)27-32-21-25-38(26-22-32)44-30-42(35-15-8-3-9-16-35)39-18-10-17-36-28-40(36)39/h1-9,11-17,19-26,36,40H,27-28H2. The monoisotopic (exact) mass is 562 g/mol. The first-order valence-electron chi connectivity index (χ1n) is 15.0. The zero-order valence-corrected chi connectivity index (χ0v) is 24.3. The molecule has 0 amide bonds. The fourth-order valence-corrected chi connectivity index (χ4v) is 5.54. The first-order valence-corrected chi connectivity index (χ1v) is 15.0. The third kappa shape index (κ3) is 6.37. The molecule has 5 aromatic carbocycles. The average molecular weight is 563 g/mol. The van der Waals surface area contributed by atoms with Crippen LogP contribution in [-0.2, 0) is 6.42 Å². The van der Waals surface area contributed by atoms with Gasteiger partial charge in [0.25, 0.3) is 0 Å². The van der Waals surface area contributed by atoms with E-state index in [-0.39, 0.29) is 0 Å². The lowest BCUT2D eigenvalue weighted by Crippen LogP contribution is -1.95. The Morgan fingerprint density at radius 1 is 0.568 bits per heavy atom. The smallest absolute Gasteiger partial charge is 0.0730 e. The van der Waals surface area contributed by atoms with Crippen molar-refractivity contribution in [1.82, 2.24) is 0 Å². The molecule has 0 bridgehead atoms. The molecule has 2 unspecified atom stereocenters. The molecule has 0 N–H and O–H groups in total. The average Bonchev–Trinajstić information content (AvgIpc) is 3.89. The first-order chi connectivity index (χ1) is 21.8. The summed E-state index contributed by atoms with van der Waals surface area (Å²) >= 11 is 0. The van der Waals surface area contributed by atoms with Crippen molar-refractivity contribution in [2.45, 2.75) is 12.8 Å². The van der Waals surface area contributed by atoms with Crippen LogP contribution in [-0.4, -0.2) is 11.7 Å².